The van der Waals surface area contributed by atoms with Crippen molar-refractivity contribution in [2.45, 2.75) is 46.2 Å². The monoisotopic (exact) mass is 402 g/mol. The molecule has 0 radical (unpaired) electrons. The van der Waals surface area contributed by atoms with E-state index in [2.05, 4.69) is 20.1 Å². The molecule has 0 saturated carbocycles. The smallest absolute Gasteiger partial charge is 0.328 e. The van der Waals surface area contributed by atoms with E-state index in [9.17, 15) is 24.0 Å². The maximum absolute atomic E-state index is 12.7. The van der Waals surface area contributed by atoms with Crippen molar-refractivity contribution in [3.05, 3.63) is 0 Å². The minimum absolute atomic E-state index is 0.0782. The SMILES string of the molecule is COC(=O)C(C(=O)OC)[C@H](C)[C@@H](NC(=O)[C@H](CC(C)C)NC(C)=O)C(=O)OC. The fourth-order valence-electron chi connectivity index (χ4n) is 2.71. The van der Waals surface area contributed by atoms with Crippen LogP contribution in [0.4, 0.5) is 0 Å². The Hall–Kier alpha value is -2.65. The first kappa shape index (κ1) is 25.4. The zero-order valence-corrected chi connectivity index (χ0v) is 17.4. The summed E-state index contributed by atoms with van der Waals surface area (Å²) in [5.41, 5.74) is 0. The van der Waals surface area contributed by atoms with Gasteiger partial charge in [-0.2, -0.15) is 0 Å². The lowest BCUT2D eigenvalue weighted by atomic mass is 9.87. The highest BCUT2D eigenvalue weighted by Crippen LogP contribution is 2.21. The van der Waals surface area contributed by atoms with Crippen LogP contribution in [0, 0.1) is 17.8 Å². The van der Waals surface area contributed by atoms with Crippen molar-refractivity contribution in [1.29, 1.82) is 0 Å². The van der Waals surface area contributed by atoms with Gasteiger partial charge in [0.15, 0.2) is 5.92 Å². The van der Waals surface area contributed by atoms with Gasteiger partial charge >= 0.3 is 17.9 Å². The minimum atomic E-state index is -1.45. The van der Waals surface area contributed by atoms with Crippen LogP contribution in [0.15, 0.2) is 0 Å². The van der Waals surface area contributed by atoms with Crippen molar-refractivity contribution >= 4 is 29.7 Å². The number of rotatable bonds is 10. The lowest BCUT2D eigenvalue weighted by Crippen LogP contribution is -2.56. The molecule has 0 aromatic carbocycles. The molecule has 0 saturated heterocycles. The summed E-state index contributed by atoms with van der Waals surface area (Å²) in [6.07, 6.45) is 0.325. The summed E-state index contributed by atoms with van der Waals surface area (Å²) >= 11 is 0. The lowest BCUT2D eigenvalue weighted by Gasteiger charge is -2.29. The van der Waals surface area contributed by atoms with E-state index in [1.54, 1.807) is 0 Å². The van der Waals surface area contributed by atoms with Gasteiger partial charge in [-0.15, -0.1) is 0 Å². The third-order valence-electron chi connectivity index (χ3n) is 4.12. The van der Waals surface area contributed by atoms with Crippen molar-refractivity contribution in [3.8, 4) is 0 Å². The normalized spacial score (nSPS) is 13.9. The number of carbonyl (C=O) groups excluding carboxylic acids is 5. The lowest BCUT2D eigenvalue weighted by molar-refractivity contribution is -0.163. The van der Waals surface area contributed by atoms with Crippen LogP contribution >= 0.6 is 0 Å². The molecular weight excluding hydrogens is 372 g/mol. The molecule has 0 aliphatic rings. The standard InChI is InChI=1S/C18H30N2O8/c1-9(2)8-12(19-11(4)21)15(22)20-14(18(25)28-7)10(3)13(16(23)26-5)17(24)27-6/h9-10,12-14H,8H2,1-7H3,(H,19,21)(H,20,22)/t10-,12-,14+/m0/s1. The van der Waals surface area contributed by atoms with E-state index < -0.39 is 53.6 Å². The first-order valence-corrected chi connectivity index (χ1v) is 8.81. The highest BCUT2D eigenvalue weighted by Gasteiger charge is 2.43. The molecule has 2 amide bonds. The topological polar surface area (TPSA) is 137 Å². The van der Waals surface area contributed by atoms with Gasteiger partial charge in [-0.25, -0.2) is 4.79 Å². The predicted molar refractivity (Wildman–Crippen MR) is 97.7 cm³/mol. The third-order valence-corrected chi connectivity index (χ3v) is 4.12. The van der Waals surface area contributed by atoms with Crippen molar-refractivity contribution in [2.75, 3.05) is 21.3 Å². The number of hydrogen-bond donors (Lipinski definition) is 2. The Labute approximate surface area is 164 Å². The van der Waals surface area contributed by atoms with Gasteiger partial charge in [0, 0.05) is 12.8 Å². The molecule has 0 aromatic heterocycles. The highest BCUT2D eigenvalue weighted by molar-refractivity contribution is 5.97. The molecule has 0 aromatic rings. The molecule has 0 fully saturated rings. The fraction of sp³-hybridized carbons (Fsp3) is 0.722. The van der Waals surface area contributed by atoms with Gasteiger partial charge in [0.1, 0.15) is 12.1 Å². The Balaban J connectivity index is 5.73. The number of ether oxygens (including phenoxy) is 3. The second-order valence-corrected chi connectivity index (χ2v) is 6.78. The largest absolute Gasteiger partial charge is 0.468 e. The van der Waals surface area contributed by atoms with E-state index in [-0.39, 0.29) is 5.92 Å². The molecule has 0 unspecified atom stereocenters. The van der Waals surface area contributed by atoms with Crippen LogP contribution in [0.5, 0.6) is 0 Å². The molecule has 3 atom stereocenters. The average Bonchev–Trinajstić information content (AvgIpc) is 2.63. The van der Waals surface area contributed by atoms with Crippen LogP contribution in [-0.4, -0.2) is 63.1 Å². The van der Waals surface area contributed by atoms with Crippen LogP contribution in [0.1, 0.15) is 34.1 Å². The summed E-state index contributed by atoms with van der Waals surface area (Å²) in [4.78, 5) is 60.4. The van der Waals surface area contributed by atoms with Gasteiger partial charge in [0.05, 0.1) is 21.3 Å². The number of esters is 3. The predicted octanol–water partition coefficient (Wildman–Crippen LogP) is -0.207. The number of nitrogens with one attached hydrogen (secondary N) is 2. The molecule has 160 valence electrons. The molecule has 28 heavy (non-hydrogen) atoms. The van der Waals surface area contributed by atoms with Crippen LogP contribution in [-0.2, 0) is 38.2 Å². The Morgan fingerprint density at radius 3 is 1.61 bits per heavy atom. The molecular formula is C18H30N2O8. The Bertz CT molecular complexity index is 574. The van der Waals surface area contributed by atoms with Crippen molar-refractivity contribution in [3.63, 3.8) is 0 Å². The molecule has 0 heterocycles. The molecule has 0 bridgehead atoms. The zero-order valence-electron chi connectivity index (χ0n) is 17.4. The number of hydrogen-bond acceptors (Lipinski definition) is 8. The number of methoxy groups -OCH3 is 3. The molecule has 10 heteroatoms. The van der Waals surface area contributed by atoms with Gasteiger partial charge in [-0.1, -0.05) is 20.8 Å². The maximum atomic E-state index is 12.7. The third kappa shape index (κ3) is 7.53. The van der Waals surface area contributed by atoms with Gasteiger partial charge in [0.25, 0.3) is 0 Å². The van der Waals surface area contributed by atoms with E-state index >= 15 is 0 Å². The van der Waals surface area contributed by atoms with Crippen LogP contribution in [0.2, 0.25) is 0 Å². The summed E-state index contributed by atoms with van der Waals surface area (Å²) in [6, 6.07) is -2.24. The zero-order chi connectivity index (χ0) is 22.0. The quantitative estimate of drug-likeness (QED) is 0.291. The van der Waals surface area contributed by atoms with E-state index in [4.69, 9.17) is 4.74 Å². The number of carbonyl (C=O) groups is 5. The van der Waals surface area contributed by atoms with Crippen molar-refractivity contribution < 1.29 is 38.2 Å². The molecule has 10 nitrogen and oxygen atoms in total. The van der Waals surface area contributed by atoms with E-state index in [0.717, 1.165) is 21.3 Å². The molecule has 0 aliphatic heterocycles. The molecule has 0 aliphatic carbocycles. The number of amides is 2. The Morgan fingerprint density at radius 2 is 1.25 bits per heavy atom. The first-order valence-electron chi connectivity index (χ1n) is 8.81. The molecule has 0 rings (SSSR count). The van der Waals surface area contributed by atoms with Gasteiger partial charge in [-0.3, -0.25) is 19.2 Å². The van der Waals surface area contributed by atoms with Crippen LogP contribution in [0.3, 0.4) is 0 Å². The van der Waals surface area contributed by atoms with E-state index in [1.807, 2.05) is 13.8 Å². The Kier molecular flexibility index (Phi) is 10.8. The minimum Gasteiger partial charge on any atom is -0.468 e. The van der Waals surface area contributed by atoms with Crippen LogP contribution < -0.4 is 10.6 Å². The van der Waals surface area contributed by atoms with Crippen molar-refractivity contribution in [2.24, 2.45) is 17.8 Å². The summed E-state index contributed by atoms with van der Waals surface area (Å²) in [5.74, 6) is -6.15. The fourth-order valence-corrected chi connectivity index (χ4v) is 2.71. The average molecular weight is 402 g/mol. The van der Waals surface area contributed by atoms with Gasteiger partial charge in [-0.05, 0) is 12.3 Å². The second kappa shape index (κ2) is 11.9. The summed E-state index contributed by atoms with van der Waals surface area (Å²) in [7, 11) is 3.29. The summed E-state index contributed by atoms with van der Waals surface area (Å²) < 4.78 is 13.9. The maximum Gasteiger partial charge on any atom is 0.328 e. The molecule has 0 spiro atoms. The van der Waals surface area contributed by atoms with Crippen molar-refractivity contribution in [1.82, 2.24) is 10.6 Å². The van der Waals surface area contributed by atoms with E-state index in [1.165, 1.54) is 13.8 Å². The second-order valence-electron chi connectivity index (χ2n) is 6.78. The van der Waals surface area contributed by atoms with Crippen LogP contribution in [0.25, 0.3) is 0 Å². The van der Waals surface area contributed by atoms with Gasteiger partial charge in [0.2, 0.25) is 11.8 Å². The first-order chi connectivity index (χ1) is 13.0. The molecule has 2 N–H and O–H groups in total. The van der Waals surface area contributed by atoms with E-state index in [0.29, 0.717) is 6.42 Å². The summed E-state index contributed by atoms with van der Waals surface area (Å²) in [6.45, 7) is 6.42. The summed E-state index contributed by atoms with van der Waals surface area (Å²) in [5, 5.41) is 5.00. The Morgan fingerprint density at radius 1 is 0.786 bits per heavy atom. The highest BCUT2D eigenvalue weighted by atomic mass is 16.5. The van der Waals surface area contributed by atoms with Gasteiger partial charge < -0.3 is 24.8 Å².